The molecule has 1 aromatic carbocycles. The number of alkyl halides is 1. The zero-order valence-corrected chi connectivity index (χ0v) is 13.1. The predicted molar refractivity (Wildman–Crippen MR) is 80.4 cm³/mol. The van der Waals surface area contributed by atoms with Crippen LogP contribution < -0.4 is 0 Å². The van der Waals surface area contributed by atoms with Gasteiger partial charge in [0.25, 0.3) is 5.91 Å². The topological polar surface area (TPSA) is 55.8 Å². The summed E-state index contributed by atoms with van der Waals surface area (Å²) >= 11 is 5.73. The summed E-state index contributed by atoms with van der Waals surface area (Å²) in [4.78, 5) is 25.2. The first kappa shape index (κ1) is 17.5. The Bertz CT molecular complexity index is 461. The third-order valence-corrected chi connectivity index (χ3v) is 3.33. The number of hydrogen-bond acceptors (Lipinski definition) is 4. The SMILES string of the molecule is COCCN(CCC(=O)OC)C(=O)c1ccc(CCl)cc1. The van der Waals surface area contributed by atoms with Gasteiger partial charge in [-0.15, -0.1) is 11.6 Å². The Balaban J connectivity index is 2.74. The maximum atomic E-state index is 12.4. The van der Waals surface area contributed by atoms with E-state index in [1.54, 1.807) is 24.1 Å². The molecule has 21 heavy (non-hydrogen) atoms. The van der Waals surface area contributed by atoms with E-state index in [1.807, 2.05) is 12.1 Å². The molecule has 0 atom stereocenters. The van der Waals surface area contributed by atoms with Gasteiger partial charge in [-0.2, -0.15) is 0 Å². The molecule has 0 spiro atoms. The quantitative estimate of drug-likeness (QED) is 0.544. The normalized spacial score (nSPS) is 10.2. The van der Waals surface area contributed by atoms with Crippen molar-refractivity contribution in [2.24, 2.45) is 0 Å². The van der Waals surface area contributed by atoms with Crippen LogP contribution >= 0.6 is 11.6 Å². The van der Waals surface area contributed by atoms with Gasteiger partial charge >= 0.3 is 5.97 Å². The van der Waals surface area contributed by atoms with Gasteiger partial charge < -0.3 is 14.4 Å². The number of methoxy groups -OCH3 is 2. The van der Waals surface area contributed by atoms with Crippen molar-refractivity contribution in [3.63, 3.8) is 0 Å². The fourth-order valence-electron chi connectivity index (χ4n) is 1.76. The standard InChI is InChI=1S/C15H20ClNO4/c1-20-10-9-17(8-7-14(18)21-2)15(19)13-5-3-12(11-16)4-6-13/h3-6H,7-11H2,1-2H3. The summed E-state index contributed by atoms with van der Waals surface area (Å²) in [7, 11) is 2.90. The van der Waals surface area contributed by atoms with Crippen LogP contribution in [0.25, 0.3) is 0 Å². The second kappa shape index (κ2) is 9.37. The molecular weight excluding hydrogens is 294 g/mol. The van der Waals surface area contributed by atoms with Crippen LogP contribution in [0.2, 0.25) is 0 Å². The summed E-state index contributed by atoms with van der Waals surface area (Å²) in [5.41, 5.74) is 1.51. The summed E-state index contributed by atoms with van der Waals surface area (Å²) in [6, 6.07) is 7.10. The summed E-state index contributed by atoms with van der Waals surface area (Å²) in [5.74, 6) is -0.0794. The van der Waals surface area contributed by atoms with Crippen molar-refractivity contribution in [3.8, 4) is 0 Å². The van der Waals surface area contributed by atoms with E-state index in [2.05, 4.69) is 4.74 Å². The lowest BCUT2D eigenvalue weighted by molar-refractivity contribution is -0.140. The Morgan fingerprint density at radius 1 is 1.14 bits per heavy atom. The molecule has 0 N–H and O–H groups in total. The molecular formula is C15H20ClNO4. The molecule has 0 aliphatic heterocycles. The third-order valence-electron chi connectivity index (χ3n) is 3.02. The van der Waals surface area contributed by atoms with E-state index >= 15 is 0 Å². The van der Waals surface area contributed by atoms with E-state index < -0.39 is 0 Å². The smallest absolute Gasteiger partial charge is 0.307 e. The van der Waals surface area contributed by atoms with Crippen molar-refractivity contribution in [1.82, 2.24) is 4.90 Å². The number of halogens is 1. The van der Waals surface area contributed by atoms with Crippen LogP contribution in [0.4, 0.5) is 0 Å². The number of esters is 1. The number of amides is 1. The van der Waals surface area contributed by atoms with Crippen molar-refractivity contribution in [1.29, 1.82) is 0 Å². The maximum absolute atomic E-state index is 12.4. The lowest BCUT2D eigenvalue weighted by Crippen LogP contribution is -2.35. The van der Waals surface area contributed by atoms with Gasteiger partial charge in [0.1, 0.15) is 0 Å². The fraction of sp³-hybridized carbons (Fsp3) is 0.467. The minimum atomic E-state index is -0.345. The number of ether oxygens (including phenoxy) is 2. The van der Waals surface area contributed by atoms with E-state index in [-0.39, 0.29) is 18.3 Å². The summed E-state index contributed by atoms with van der Waals surface area (Å²) in [5, 5.41) is 0. The fourth-order valence-corrected chi connectivity index (χ4v) is 1.94. The molecule has 0 unspecified atom stereocenters. The van der Waals surface area contributed by atoms with Gasteiger partial charge in [-0.1, -0.05) is 12.1 Å². The molecule has 1 amide bonds. The van der Waals surface area contributed by atoms with Gasteiger partial charge in [-0.25, -0.2) is 0 Å². The first-order valence-corrected chi connectivity index (χ1v) is 7.15. The van der Waals surface area contributed by atoms with Crippen LogP contribution in [0.15, 0.2) is 24.3 Å². The second-order valence-electron chi connectivity index (χ2n) is 4.44. The average Bonchev–Trinajstić information content (AvgIpc) is 2.54. The molecule has 0 saturated heterocycles. The van der Waals surface area contributed by atoms with Crippen LogP contribution in [0.3, 0.4) is 0 Å². The van der Waals surface area contributed by atoms with Crippen LogP contribution in [-0.2, 0) is 20.1 Å². The van der Waals surface area contributed by atoms with E-state index in [1.165, 1.54) is 7.11 Å². The number of hydrogen-bond donors (Lipinski definition) is 0. The molecule has 1 aromatic rings. The average molecular weight is 314 g/mol. The Morgan fingerprint density at radius 3 is 2.33 bits per heavy atom. The molecule has 0 saturated carbocycles. The highest BCUT2D eigenvalue weighted by molar-refractivity contribution is 6.17. The summed E-state index contributed by atoms with van der Waals surface area (Å²) < 4.78 is 9.60. The van der Waals surface area contributed by atoms with Gasteiger partial charge in [-0.05, 0) is 17.7 Å². The summed E-state index contributed by atoms with van der Waals surface area (Å²) in [6.07, 6.45) is 0.158. The van der Waals surface area contributed by atoms with Crippen molar-refractivity contribution in [2.75, 3.05) is 33.9 Å². The molecule has 6 heteroatoms. The van der Waals surface area contributed by atoms with Crippen molar-refractivity contribution in [3.05, 3.63) is 35.4 Å². The van der Waals surface area contributed by atoms with E-state index in [0.29, 0.717) is 31.1 Å². The zero-order chi connectivity index (χ0) is 15.7. The minimum Gasteiger partial charge on any atom is -0.469 e. The zero-order valence-electron chi connectivity index (χ0n) is 12.3. The number of carbonyl (C=O) groups is 2. The molecule has 0 aliphatic carbocycles. The Labute approximate surface area is 129 Å². The Hall–Kier alpha value is -1.59. The van der Waals surface area contributed by atoms with Crippen LogP contribution in [0.1, 0.15) is 22.3 Å². The molecule has 0 aromatic heterocycles. The predicted octanol–water partition coefficient (Wildman–Crippen LogP) is 2.08. The Morgan fingerprint density at radius 2 is 1.81 bits per heavy atom. The highest BCUT2D eigenvalue weighted by atomic mass is 35.5. The first-order valence-electron chi connectivity index (χ1n) is 6.62. The molecule has 0 heterocycles. The highest BCUT2D eigenvalue weighted by Gasteiger charge is 2.16. The van der Waals surface area contributed by atoms with Gasteiger partial charge in [0.2, 0.25) is 0 Å². The number of rotatable bonds is 8. The number of nitrogens with zero attached hydrogens (tertiary/aromatic N) is 1. The molecule has 0 fully saturated rings. The van der Waals surface area contributed by atoms with Crippen molar-refractivity contribution in [2.45, 2.75) is 12.3 Å². The highest BCUT2D eigenvalue weighted by Crippen LogP contribution is 2.10. The van der Waals surface area contributed by atoms with Gasteiger partial charge in [0.15, 0.2) is 0 Å². The molecule has 0 radical (unpaired) electrons. The van der Waals surface area contributed by atoms with Crippen LogP contribution in [0, 0.1) is 0 Å². The third kappa shape index (κ3) is 5.73. The molecule has 1 rings (SSSR count). The van der Waals surface area contributed by atoms with Gasteiger partial charge in [0.05, 0.1) is 20.1 Å². The van der Waals surface area contributed by atoms with Crippen LogP contribution in [-0.4, -0.2) is 50.7 Å². The van der Waals surface area contributed by atoms with Crippen LogP contribution in [0.5, 0.6) is 0 Å². The van der Waals surface area contributed by atoms with Gasteiger partial charge in [0, 0.05) is 31.6 Å². The first-order chi connectivity index (χ1) is 10.1. The number of benzene rings is 1. The Kier molecular flexibility index (Phi) is 7.79. The van der Waals surface area contributed by atoms with E-state index in [4.69, 9.17) is 16.3 Å². The second-order valence-corrected chi connectivity index (χ2v) is 4.71. The van der Waals surface area contributed by atoms with Crippen molar-refractivity contribution >= 4 is 23.5 Å². The largest absolute Gasteiger partial charge is 0.469 e. The maximum Gasteiger partial charge on any atom is 0.307 e. The number of carbonyl (C=O) groups excluding carboxylic acids is 2. The van der Waals surface area contributed by atoms with E-state index in [9.17, 15) is 9.59 Å². The lowest BCUT2D eigenvalue weighted by Gasteiger charge is -2.22. The summed E-state index contributed by atoms with van der Waals surface area (Å²) in [6.45, 7) is 1.13. The lowest BCUT2D eigenvalue weighted by atomic mass is 10.1. The molecule has 5 nitrogen and oxygen atoms in total. The molecule has 116 valence electrons. The minimum absolute atomic E-state index is 0.142. The van der Waals surface area contributed by atoms with Crippen molar-refractivity contribution < 1.29 is 19.1 Å². The molecule has 0 aliphatic rings. The van der Waals surface area contributed by atoms with Gasteiger partial charge in [-0.3, -0.25) is 9.59 Å². The molecule has 0 bridgehead atoms. The monoisotopic (exact) mass is 313 g/mol. The van der Waals surface area contributed by atoms with E-state index in [0.717, 1.165) is 5.56 Å².